The van der Waals surface area contributed by atoms with Gasteiger partial charge in [0.2, 0.25) is 0 Å². The predicted molar refractivity (Wildman–Crippen MR) is 150 cm³/mol. The van der Waals surface area contributed by atoms with Gasteiger partial charge >= 0.3 is 5.97 Å². The number of benzene rings is 3. The van der Waals surface area contributed by atoms with E-state index in [1.165, 1.54) is 7.11 Å². The Bertz CT molecular complexity index is 1870. The summed E-state index contributed by atoms with van der Waals surface area (Å²) in [6.45, 7) is 0. The van der Waals surface area contributed by atoms with Gasteiger partial charge in [0, 0.05) is 36.0 Å². The van der Waals surface area contributed by atoms with E-state index in [-0.39, 0.29) is 12.0 Å². The predicted octanol–water partition coefficient (Wildman–Crippen LogP) is 4.55. The Hall–Kier alpha value is -5.12. The summed E-state index contributed by atoms with van der Waals surface area (Å²) >= 11 is 0. The number of ether oxygens (including phenoxy) is 2. The standard InChI is InChI=1S/C31H25F2N3O5/c1-36-24-12-5-4-8-19(24)28(40-2)25(30(36)38)20-14-13-17(18-9-7-15-34-27(18)20)16-23(31(39)41-3)35-29(37)26-21(32)10-6-11-22(26)33/h4-15,23H,16H2,1-3H3,(H,35,37)/t23-/m0/s1. The maximum atomic E-state index is 14.2. The number of amides is 1. The zero-order valence-electron chi connectivity index (χ0n) is 22.4. The first-order chi connectivity index (χ1) is 19.8. The average Bonchev–Trinajstić information content (AvgIpc) is 2.98. The van der Waals surface area contributed by atoms with E-state index in [9.17, 15) is 23.2 Å². The number of rotatable bonds is 7. The second kappa shape index (κ2) is 11.2. The van der Waals surface area contributed by atoms with Crippen molar-refractivity contribution < 1.29 is 27.8 Å². The number of aryl methyl sites for hydroxylation is 1. The highest BCUT2D eigenvalue weighted by Gasteiger charge is 2.27. The van der Waals surface area contributed by atoms with Crippen LogP contribution in [0.25, 0.3) is 32.9 Å². The highest BCUT2D eigenvalue weighted by Crippen LogP contribution is 2.37. The number of halogens is 2. The number of carbonyl (C=O) groups excluding carboxylic acids is 2. The minimum atomic E-state index is -1.27. The normalized spacial score (nSPS) is 11.8. The van der Waals surface area contributed by atoms with E-state index >= 15 is 0 Å². The molecule has 1 atom stereocenters. The van der Waals surface area contributed by atoms with Crippen LogP contribution in [-0.2, 0) is 23.0 Å². The maximum Gasteiger partial charge on any atom is 0.328 e. The third-order valence-electron chi connectivity index (χ3n) is 6.99. The van der Waals surface area contributed by atoms with Crippen molar-refractivity contribution in [2.45, 2.75) is 12.5 Å². The molecule has 2 aromatic heterocycles. The van der Waals surface area contributed by atoms with Gasteiger partial charge < -0.3 is 19.4 Å². The quantitative estimate of drug-likeness (QED) is 0.295. The van der Waals surface area contributed by atoms with E-state index in [1.807, 2.05) is 24.3 Å². The van der Waals surface area contributed by atoms with Crippen molar-refractivity contribution in [1.29, 1.82) is 0 Å². The van der Waals surface area contributed by atoms with Crippen LogP contribution in [0, 0.1) is 11.6 Å². The SMILES string of the molecule is COC(=O)[C@H](Cc1ccc(-c2c(OC)c3ccccc3n(C)c2=O)c2ncccc12)NC(=O)c1c(F)cccc1F. The first kappa shape index (κ1) is 27.4. The lowest BCUT2D eigenvalue weighted by Gasteiger charge is -2.19. The van der Waals surface area contributed by atoms with Crippen LogP contribution in [0.4, 0.5) is 8.78 Å². The Kier molecular flexibility index (Phi) is 7.47. The van der Waals surface area contributed by atoms with Crippen LogP contribution >= 0.6 is 0 Å². The van der Waals surface area contributed by atoms with Crippen molar-refractivity contribution in [2.24, 2.45) is 7.05 Å². The van der Waals surface area contributed by atoms with Gasteiger partial charge in [0.15, 0.2) is 0 Å². The maximum absolute atomic E-state index is 14.2. The van der Waals surface area contributed by atoms with E-state index in [2.05, 4.69) is 10.3 Å². The molecular weight excluding hydrogens is 532 g/mol. The molecule has 208 valence electrons. The molecule has 2 heterocycles. The molecule has 0 radical (unpaired) electrons. The number of esters is 1. The molecular formula is C31H25F2N3O5. The van der Waals surface area contributed by atoms with Crippen LogP contribution in [0.3, 0.4) is 0 Å². The highest BCUT2D eigenvalue weighted by molar-refractivity contribution is 6.01. The van der Waals surface area contributed by atoms with Gasteiger partial charge in [-0.2, -0.15) is 0 Å². The molecule has 0 aliphatic heterocycles. The van der Waals surface area contributed by atoms with Gasteiger partial charge in [0.05, 0.1) is 30.8 Å². The molecule has 0 fully saturated rings. The molecule has 41 heavy (non-hydrogen) atoms. The largest absolute Gasteiger partial charge is 0.495 e. The number of pyridine rings is 2. The van der Waals surface area contributed by atoms with Crippen LogP contribution in [0.5, 0.6) is 5.75 Å². The van der Waals surface area contributed by atoms with Crippen LogP contribution < -0.4 is 15.6 Å². The smallest absolute Gasteiger partial charge is 0.328 e. The van der Waals surface area contributed by atoms with Gasteiger partial charge in [-0.25, -0.2) is 13.6 Å². The van der Waals surface area contributed by atoms with E-state index in [4.69, 9.17) is 9.47 Å². The van der Waals surface area contributed by atoms with Crippen LogP contribution in [0.2, 0.25) is 0 Å². The Morgan fingerprint density at radius 2 is 1.66 bits per heavy atom. The Morgan fingerprint density at radius 1 is 0.951 bits per heavy atom. The van der Waals surface area contributed by atoms with E-state index < -0.39 is 35.1 Å². The molecule has 5 aromatic rings. The zero-order valence-corrected chi connectivity index (χ0v) is 22.4. The Morgan fingerprint density at radius 3 is 2.37 bits per heavy atom. The molecule has 3 aromatic carbocycles. The van der Waals surface area contributed by atoms with Crippen molar-refractivity contribution in [3.63, 3.8) is 0 Å². The lowest BCUT2D eigenvalue weighted by atomic mass is 9.94. The van der Waals surface area contributed by atoms with Crippen molar-refractivity contribution in [3.8, 4) is 16.9 Å². The second-order valence-electron chi connectivity index (χ2n) is 9.31. The first-order valence-electron chi connectivity index (χ1n) is 12.6. The lowest BCUT2D eigenvalue weighted by Crippen LogP contribution is -2.43. The zero-order chi connectivity index (χ0) is 29.3. The number of hydrogen-bond acceptors (Lipinski definition) is 6. The summed E-state index contributed by atoms with van der Waals surface area (Å²) in [4.78, 5) is 43.6. The van der Waals surface area contributed by atoms with Gasteiger partial charge in [-0.1, -0.05) is 36.4 Å². The number of nitrogens with zero attached hydrogens (tertiary/aromatic N) is 2. The summed E-state index contributed by atoms with van der Waals surface area (Å²) in [6, 6.07) is 16.0. The number of para-hydroxylation sites is 1. The van der Waals surface area contributed by atoms with Crippen LogP contribution in [0.1, 0.15) is 15.9 Å². The monoisotopic (exact) mass is 557 g/mol. The summed E-state index contributed by atoms with van der Waals surface area (Å²) in [5, 5.41) is 3.74. The van der Waals surface area contributed by atoms with Gasteiger partial charge in [0.25, 0.3) is 11.5 Å². The first-order valence-corrected chi connectivity index (χ1v) is 12.6. The molecule has 0 unspecified atom stereocenters. The molecule has 0 bridgehead atoms. The molecule has 10 heteroatoms. The number of hydrogen-bond donors (Lipinski definition) is 1. The van der Waals surface area contributed by atoms with E-state index in [1.54, 1.807) is 42.1 Å². The minimum absolute atomic E-state index is 0.0795. The number of methoxy groups -OCH3 is 2. The highest BCUT2D eigenvalue weighted by atomic mass is 19.1. The summed E-state index contributed by atoms with van der Waals surface area (Å²) in [6.07, 6.45) is 1.50. The van der Waals surface area contributed by atoms with Crippen LogP contribution in [0.15, 0.2) is 77.7 Å². The number of fused-ring (bicyclic) bond motifs is 2. The van der Waals surface area contributed by atoms with E-state index in [0.29, 0.717) is 38.9 Å². The van der Waals surface area contributed by atoms with Crippen molar-refractivity contribution in [2.75, 3.05) is 14.2 Å². The fourth-order valence-corrected chi connectivity index (χ4v) is 5.03. The number of carbonyl (C=O) groups is 2. The third kappa shape index (κ3) is 4.88. The molecule has 5 rings (SSSR count). The topological polar surface area (TPSA) is 99.5 Å². The van der Waals surface area contributed by atoms with Gasteiger partial charge in [-0.05, 0) is 35.9 Å². The Balaban J connectivity index is 1.61. The number of nitrogens with one attached hydrogen (secondary N) is 1. The van der Waals surface area contributed by atoms with Crippen molar-refractivity contribution in [3.05, 3.63) is 106 Å². The fraction of sp³-hybridized carbons (Fsp3) is 0.161. The Labute approximate surface area is 233 Å². The molecule has 0 aliphatic rings. The molecule has 0 spiro atoms. The lowest BCUT2D eigenvalue weighted by molar-refractivity contribution is -0.142. The van der Waals surface area contributed by atoms with Gasteiger partial charge in [0.1, 0.15) is 29.0 Å². The van der Waals surface area contributed by atoms with Crippen LogP contribution in [-0.4, -0.2) is 41.7 Å². The summed E-state index contributed by atoms with van der Waals surface area (Å²) < 4.78 is 40.6. The average molecular weight is 558 g/mol. The minimum Gasteiger partial charge on any atom is -0.495 e. The molecule has 0 saturated carbocycles. The van der Waals surface area contributed by atoms with Crippen molar-refractivity contribution >= 4 is 33.7 Å². The van der Waals surface area contributed by atoms with Gasteiger partial charge in [-0.3, -0.25) is 14.6 Å². The summed E-state index contributed by atoms with van der Waals surface area (Å²) in [5.41, 5.74) is 1.49. The van der Waals surface area contributed by atoms with Gasteiger partial charge in [-0.15, -0.1) is 0 Å². The molecule has 1 N–H and O–H groups in total. The fourth-order valence-electron chi connectivity index (χ4n) is 5.03. The molecule has 0 aliphatic carbocycles. The van der Waals surface area contributed by atoms with Crippen molar-refractivity contribution in [1.82, 2.24) is 14.9 Å². The summed E-state index contributed by atoms with van der Waals surface area (Å²) in [7, 11) is 4.33. The molecule has 8 nitrogen and oxygen atoms in total. The third-order valence-corrected chi connectivity index (χ3v) is 6.99. The molecule has 0 saturated heterocycles. The van der Waals surface area contributed by atoms with E-state index in [0.717, 1.165) is 30.7 Å². The second-order valence-corrected chi connectivity index (χ2v) is 9.31. The molecule has 1 amide bonds. The summed E-state index contributed by atoms with van der Waals surface area (Å²) in [5.74, 6) is -3.62. The number of aromatic nitrogens is 2.